The lowest BCUT2D eigenvalue weighted by Crippen LogP contribution is -2.23. The van der Waals surface area contributed by atoms with Gasteiger partial charge in [-0.1, -0.05) is 11.6 Å². The van der Waals surface area contributed by atoms with E-state index in [2.05, 4.69) is 0 Å². The third kappa shape index (κ3) is 3.98. The maximum atomic E-state index is 11.9. The van der Waals surface area contributed by atoms with Gasteiger partial charge in [0.2, 0.25) is 5.91 Å². The minimum atomic E-state index is -0.0708. The Labute approximate surface area is 121 Å². The number of thiophene rings is 1. The Kier molecular flexibility index (Phi) is 4.45. The van der Waals surface area contributed by atoms with Crippen LogP contribution in [0.25, 0.3) is 6.08 Å². The molecule has 0 unspecified atom stereocenters. The fraction of sp³-hybridized carbons (Fsp3) is 0.214. The molecule has 0 saturated carbocycles. The van der Waals surface area contributed by atoms with Crippen molar-refractivity contribution in [3.05, 3.63) is 51.1 Å². The summed E-state index contributed by atoms with van der Waals surface area (Å²) in [6, 6.07) is 7.46. The molecule has 1 amide bonds. The van der Waals surface area contributed by atoms with E-state index in [4.69, 9.17) is 16.0 Å². The van der Waals surface area contributed by atoms with Gasteiger partial charge in [0.25, 0.3) is 0 Å². The number of nitrogens with zero attached hydrogens (tertiary/aromatic N) is 1. The summed E-state index contributed by atoms with van der Waals surface area (Å²) in [5, 5.41) is 0. The molecule has 19 heavy (non-hydrogen) atoms. The molecule has 0 N–H and O–H groups in total. The Morgan fingerprint density at radius 1 is 1.42 bits per heavy atom. The standard InChI is InChI=1S/C14H14ClNO2S/c1-10-3-4-11(18-10)5-8-14(17)16(2)9-12-6-7-13(15)19-12/h3-8H,9H2,1-2H3. The van der Waals surface area contributed by atoms with Crippen LogP contribution in [0.15, 0.2) is 34.8 Å². The first kappa shape index (κ1) is 13.9. The highest BCUT2D eigenvalue weighted by Crippen LogP contribution is 2.22. The summed E-state index contributed by atoms with van der Waals surface area (Å²) in [7, 11) is 1.76. The number of hydrogen-bond donors (Lipinski definition) is 0. The zero-order valence-corrected chi connectivity index (χ0v) is 12.3. The number of halogens is 1. The van der Waals surface area contributed by atoms with Crippen LogP contribution in [0.2, 0.25) is 4.34 Å². The SMILES string of the molecule is Cc1ccc(C=CC(=O)N(C)Cc2ccc(Cl)s2)o1. The molecular weight excluding hydrogens is 282 g/mol. The van der Waals surface area contributed by atoms with Gasteiger partial charge < -0.3 is 9.32 Å². The van der Waals surface area contributed by atoms with Crippen LogP contribution in [0.4, 0.5) is 0 Å². The largest absolute Gasteiger partial charge is 0.462 e. The van der Waals surface area contributed by atoms with Crippen molar-refractivity contribution < 1.29 is 9.21 Å². The van der Waals surface area contributed by atoms with Crippen LogP contribution in [-0.4, -0.2) is 17.9 Å². The smallest absolute Gasteiger partial charge is 0.246 e. The Balaban J connectivity index is 1.94. The van der Waals surface area contributed by atoms with Crippen LogP contribution < -0.4 is 0 Å². The number of rotatable bonds is 4. The average molecular weight is 296 g/mol. The molecular formula is C14H14ClNO2S. The molecule has 2 rings (SSSR count). The van der Waals surface area contributed by atoms with Crippen LogP contribution in [0.1, 0.15) is 16.4 Å². The fourth-order valence-electron chi connectivity index (χ4n) is 1.57. The lowest BCUT2D eigenvalue weighted by Gasteiger charge is -2.13. The molecule has 2 aromatic rings. The van der Waals surface area contributed by atoms with Crippen LogP contribution in [0.3, 0.4) is 0 Å². The number of aryl methyl sites for hydroxylation is 1. The summed E-state index contributed by atoms with van der Waals surface area (Å²) in [6.45, 7) is 2.42. The summed E-state index contributed by atoms with van der Waals surface area (Å²) in [5.41, 5.74) is 0. The molecule has 2 heterocycles. The first-order valence-corrected chi connectivity index (χ1v) is 6.98. The van der Waals surface area contributed by atoms with Gasteiger partial charge in [0, 0.05) is 18.0 Å². The van der Waals surface area contributed by atoms with Gasteiger partial charge in [-0.15, -0.1) is 11.3 Å². The number of amides is 1. The van der Waals surface area contributed by atoms with E-state index in [1.165, 1.54) is 17.4 Å². The van der Waals surface area contributed by atoms with E-state index in [0.717, 1.165) is 15.0 Å². The number of carbonyl (C=O) groups is 1. The maximum Gasteiger partial charge on any atom is 0.246 e. The third-order valence-corrected chi connectivity index (χ3v) is 3.77. The van der Waals surface area contributed by atoms with Gasteiger partial charge >= 0.3 is 0 Å². The van der Waals surface area contributed by atoms with Gasteiger partial charge in [-0.05, 0) is 37.3 Å². The molecule has 5 heteroatoms. The van der Waals surface area contributed by atoms with Crippen LogP contribution >= 0.6 is 22.9 Å². The number of furan rings is 1. The Morgan fingerprint density at radius 3 is 2.79 bits per heavy atom. The highest BCUT2D eigenvalue weighted by atomic mass is 35.5. The van der Waals surface area contributed by atoms with E-state index < -0.39 is 0 Å². The average Bonchev–Trinajstić information content (AvgIpc) is 2.95. The number of hydrogen-bond acceptors (Lipinski definition) is 3. The molecule has 100 valence electrons. The molecule has 0 atom stereocenters. The first-order valence-electron chi connectivity index (χ1n) is 5.78. The van der Waals surface area contributed by atoms with Gasteiger partial charge in [-0.2, -0.15) is 0 Å². The van der Waals surface area contributed by atoms with Crippen LogP contribution in [0, 0.1) is 6.92 Å². The molecule has 0 aromatic carbocycles. The maximum absolute atomic E-state index is 11.9. The zero-order chi connectivity index (χ0) is 13.8. The number of likely N-dealkylation sites (N-methyl/N-ethyl adjacent to an activating group) is 1. The van der Waals surface area contributed by atoms with Crippen molar-refractivity contribution in [3.63, 3.8) is 0 Å². The zero-order valence-electron chi connectivity index (χ0n) is 10.7. The normalized spacial score (nSPS) is 11.1. The lowest BCUT2D eigenvalue weighted by atomic mass is 10.3. The van der Waals surface area contributed by atoms with Crippen LogP contribution in [0.5, 0.6) is 0 Å². The second-order valence-corrected chi connectivity index (χ2v) is 5.98. The predicted molar refractivity (Wildman–Crippen MR) is 78.3 cm³/mol. The number of carbonyl (C=O) groups excluding carboxylic acids is 1. The summed E-state index contributed by atoms with van der Waals surface area (Å²) in [6.07, 6.45) is 3.18. The molecule has 3 nitrogen and oxygen atoms in total. The van der Waals surface area contributed by atoms with E-state index in [1.807, 2.05) is 31.2 Å². The van der Waals surface area contributed by atoms with Crippen molar-refractivity contribution in [2.75, 3.05) is 7.05 Å². The molecule has 0 radical (unpaired) electrons. The Hall–Kier alpha value is -1.52. The highest BCUT2D eigenvalue weighted by Gasteiger charge is 2.07. The second-order valence-electron chi connectivity index (χ2n) is 4.18. The highest BCUT2D eigenvalue weighted by molar-refractivity contribution is 7.16. The molecule has 0 aliphatic rings. The van der Waals surface area contributed by atoms with Gasteiger partial charge in [-0.3, -0.25) is 4.79 Å². The van der Waals surface area contributed by atoms with E-state index in [1.54, 1.807) is 18.0 Å². The monoisotopic (exact) mass is 295 g/mol. The third-order valence-electron chi connectivity index (χ3n) is 2.55. The first-order chi connectivity index (χ1) is 9.04. The predicted octanol–water partition coefficient (Wildman–Crippen LogP) is 3.97. The summed E-state index contributed by atoms with van der Waals surface area (Å²) in [5.74, 6) is 1.44. The molecule has 0 bridgehead atoms. The minimum Gasteiger partial charge on any atom is -0.462 e. The fourth-order valence-corrected chi connectivity index (χ4v) is 2.71. The van der Waals surface area contributed by atoms with E-state index in [9.17, 15) is 4.79 Å². The summed E-state index contributed by atoms with van der Waals surface area (Å²) < 4.78 is 6.10. The van der Waals surface area contributed by atoms with Gasteiger partial charge in [0.05, 0.1) is 10.9 Å². The summed E-state index contributed by atoms with van der Waals surface area (Å²) >= 11 is 7.34. The van der Waals surface area contributed by atoms with Crippen molar-refractivity contribution in [1.29, 1.82) is 0 Å². The topological polar surface area (TPSA) is 33.5 Å². The van der Waals surface area contributed by atoms with Crippen molar-refractivity contribution >= 4 is 34.9 Å². The Bertz CT molecular complexity index is 600. The van der Waals surface area contributed by atoms with Gasteiger partial charge in [0.1, 0.15) is 11.5 Å². The van der Waals surface area contributed by atoms with Crippen LogP contribution in [-0.2, 0) is 11.3 Å². The van der Waals surface area contributed by atoms with Crippen molar-refractivity contribution in [3.8, 4) is 0 Å². The molecule has 0 fully saturated rings. The van der Waals surface area contributed by atoms with Gasteiger partial charge in [-0.25, -0.2) is 0 Å². The van der Waals surface area contributed by atoms with Crippen molar-refractivity contribution in [2.45, 2.75) is 13.5 Å². The molecule has 0 aliphatic heterocycles. The van der Waals surface area contributed by atoms with Crippen molar-refractivity contribution in [1.82, 2.24) is 4.90 Å². The molecule has 2 aromatic heterocycles. The van der Waals surface area contributed by atoms with E-state index in [0.29, 0.717) is 12.3 Å². The minimum absolute atomic E-state index is 0.0708. The van der Waals surface area contributed by atoms with Crippen molar-refractivity contribution in [2.24, 2.45) is 0 Å². The quantitative estimate of drug-likeness (QED) is 0.800. The van der Waals surface area contributed by atoms with E-state index in [-0.39, 0.29) is 5.91 Å². The molecule has 0 aliphatic carbocycles. The Morgan fingerprint density at radius 2 is 2.21 bits per heavy atom. The lowest BCUT2D eigenvalue weighted by molar-refractivity contribution is -0.125. The van der Waals surface area contributed by atoms with Gasteiger partial charge in [0.15, 0.2) is 0 Å². The molecule has 0 saturated heterocycles. The molecule has 0 spiro atoms. The van der Waals surface area contributed by atoms with E-state index >= 15 is 0 Å². The second kappa shape index (κ2) is 6.08. The summed E-state index contributed by atoms with van der Waals surface area (Å²) in [4.78, 5) is 14.6.